The Morgan fingerprint density at radius 3 is 2.85 bits per heavy atom. The molecule has 2 rings (SSSR count). The first kappa shape index (κ1) is 9.23. The van der Waals surface area contributed by atoms with Gasteiger partial charge >= 0.3 is 0 Å². The monoisotopic (exact) mass is 180 g/mol. The van der Waals surface area contributed by atoms with Gasteiger partial charge in [0, 0.05) is 12.8 Å². The highest BCUT2D eigenvalue weighted by Gasteiger charge is 2.41. The van der Waals surface area contributed by atoms with Crippen LogP contribution in [0.5, 0.6) is 0 Å². The summed E-state index contributed by atoms with van der Waals surface area (Å²) in [5.74, 6) is 2.07. The van der Waals surface area contributed by atoms with E-state index in [-0.39, 0.29) is 0 Å². The van der Waals surface area contributed by atoms with Crippen LogP contribution in [0.1, 0.15) is 52.4 Å². The molecule has 2 aliphatic rings. The maximum absolute atomic E-state index is 11.4. The minimum atomic E-state index is 0.430. The quantitative estimate of drug-likeness (QED) is 0.559. The Bertz CT molecular complexity index is 217. The Balaban J connectivity index is 2.14. The molecule has 1 unspecified atom stereocenters. The molecule has 13 heavy (non-hydrogen) atoms. The van der Waals surface area contributed by atoms with Gasteiger partial charge in [-0.25, -0.2) is 0 Å². The zero-order valence-electron chi connectivity index (χ0n) is 8.81. The molecule has 2 atom stereocenters. The first-order valence-electron chi connectivity index (χ1n) is 5.61. The van der Waals surface area contributed by atoms with E-state index in [0.29, 0.717) is 17.1 Å². The van der Waals surface area contributed by atoms with Crippen LogP contribution < -0.4 is 0 Å². The Morgan fingerprint density at radius 1 is 1.31 bits per heavy atom. The van der Waals surface area contributed by atoms with Gasteiger partial charge in [-0.15, -0.1) is 0 Å². The lowest BCUT2D eigenvalue weighted by Crippen LogP contribution is -2.39. The van der Waals surface area contributed by atoms with Crippen LogP contribution in [0.25, 0.3) is 0 Å². The van der Waals surface area contributed by atoms with Crippen LogP contribution in [0.2, 0.25) is 0 Å². The van der Waals surface area contributed by atoms with E-state index in [2.05, 4.69) is 13.8 Å². The first-order valence-corrected chi connectivity index (χ1v) is 5.61. The van der Waals surface area contributed by atoms with Crippen molar-refractivity contribution in [3.8, 4) is 0 Å². The van der Waals surface area contributed by atoms with E-state index in [4.69, 9.17) is 0 Å². The van der Waals surface area contributed by atoms with Gasteiger partial charge in [-0.2, -0.15) is 0 Å². The minimum absolute atomic E-state index is 0.430. The molecule has 0 spiro atoms. The van der Waals surface area contributed by atoms with Gasteiger partial charge in [0.25, 0.3) is 0 Å². The van der Waals surface area contributed by atoms with E-state index in [1.165, 1.54) is 25.7 Å². The summed E-state index contributed by atoms with van der Waals surface area (Å²) in [6, 6.07) is 0. The molecule has 0 heterocycles. The SMILES string of the molecule is CC1(C)CCC[C@@H]2CCC(=O)CC21. The van der Waals surface area contributed by atoms with Crippen LogP contribution in [-0.4, -0.2) is 5.78 Å². The smallest absolute Gasteiger partial charge is 0.133 e. The fourth-order valence-electron chi connectivity index (χ4n) is 3.33. The average Bonchev–Trinajstić information content (AvgIpc) is 2.06. The molecule has 0 aromatic rings. The molecule has 0 N–H and O–H groups in total. The summed E-state index contributed by atoms with van der Waals surface area (Å²) >= 11 is 0. The number of carbonyl (C=O) groups is 1. The zero-order chi connectivity index (χ0) is 9.47. The molecule has 0 radical (unpaired) electrons. The fourth-order valence-corrected chi connectivity index (χ4v) is 3.33. The van der Waals surface area contributed by atoms with E-state index in [1.807, 2.05) is 0 Å². The third kappa shape index (κ3) is 1.66. The highest BCUT2D eigenvalue weighted by molar-refractivity contribution is 5.79. The lowest BCUT2D eigenvalue weighted by atomic mass is 9.59. The van der Waals surface area contributed by atoms with Gasteiger partial charge in [0.05, 0.1) is 0 Å². The molecular weight excluding hydrogens is 160 g/mol. The highest BCUT2D eigenvalue weighted by Crippen LogP contribution is 2.49. The standard InChI is InChI=1S/C12H20O/c1-12(2)7-3-4-9-5-6-10(13)8-11(9)12/h9,11H,3-8H2,1-2H3/t9-,11?/m1/s1. The van der Waals surface area contributed by atoms with Crippen LogP contribution in [0.3, 0.4) is 0 Å². The van der Waals surface area contributed by atoms with Crippen LogP contribution >= 0.6 is 0 Å². The molecule has 0 aromatic heterocycles. The predicted octanol–water partition coefficient (Wildman–Crippen LogP) is 3.18. The maximum atomic E-state index is 11.4. The van der Waals surface area contributed by atoms with Crippen molar-refractivity contribution < 1.29 is 4.79 Å². The van der Waals surface area contributed by atoms with Crippen molar-refractivity contribution in [1.82, 2.24) is 0 Å². The second-order valence-electron chi connectivity index (χ2n) is 5.53. The van der Waals surface area contributed by atoms with E-state index in [0.717, 1.165) is 18.8 Å². The minimum Gasteiger partial charge on any atom is -0.300 e. The Labute approximate surface area is 80.9 Å². The first-order chi connectivity index (χ1) is 6.09. The fraction of sp³-hybridized carbons (Fsp3) is 0.917. The summed E-state index contributed by atoms with van der Waals surface area (Å²) in [4.78, 5) is 11.4. The maximum Gasteiger partial charge on any atom is 0.133 e. The van der Waals surface area contributed by atoms with Gasteiger partial charge in [-0.1, -0.05) is 26.7 Å². The number of ketones is 1. The predicted molar refractivity (Wildman–Crippen MR) is 53.5 cm³/mol. The molecule has 1 nitrogen and oxygen atoms in total. The number of rotatable bonds is 0. The number of carbonyl (C=O) groups excluding carboxylic acids is 1. The Kier molecular flexibility index (Phi) is 2.21. The van der Waals surface area contributed by atoms with E-state index >= 15 is 0 Å². The molecule has 74 valence electrons. The third-order valence-electron chi connectivity index (χ3n) is 4.21. The van der Waals surface area contributed by atoms with Gasteiger partial charge in [-0.3, -0.25) is 4.79 Å². The van der Waals surface area contributed by atoms with Crippen molar-refractivity contribution in [2.24, 2.45) is 17.3 Å². The largest absolute Gasteiger partial charge is 0.300 e. The van der Waals surface area contributed by atoms with E-state index in [1.54, 1.807) is 0 Å². The van der Waals surface area contributed by atoms with Gasteiger partial charge in [0.2, 0.25) is 0 Å². The van der Waals surface area contributed by atoms with Crippen molar-refractivity contribution in [2.45, 2.75) is 52.4 Å². The van der Waals surface area contributed by atoms with Crippen LogP contribution in [0.15, 0.2) is 0 Å². The second-order valence-corrected chi connectivity index (χ2v) is 5.53. The topological polar surface area (TPSA) is 17.1 Å². The molecule has 2 aliphatic carbocycles. The number of Topliss-reactive ketones (excluding diaryl/α,β-unsaturated/α-hetero) is 1. The normalized spacial score (nSPS) is 38.5. The molecule has 2 saturated carbocycles. The van der Waals surface area contributed by atoms with Crippen LogP contribution in [0, 0.1) is 17.3 Å². The third-order valence-corrected chi connectivity index (χ3v) is 4.21. The molecule has 0 amide bonds. The summed E-state index contributed by atoms with van der Waals surface area (Å²) < 4.78 is 0. The summed E-state index contributed by atoms with van der Waals surface area (Å²) in [5, 5.41) is 0. The van der Waals surface area contributed by atoms with Crippen molar-refractivity contribution in [2.75, 3.05) is 0 Å². The van der Waals surface area contributed by atoms with Crippen LogP contribution in [0.4, 0.5) is 0 Å². The summed E-state index contributed by atoms with van der Waals surface area (Å²) in [7, 11) is 0. The summed E-state index contributed by atoms with van der Waals surface area (Å²) in [5.41, 5.74) is 0.430. The molecule has 0 saturated heterocycles. The number of fused-ring (bicyclic) bond motifs is 1. The lowest BCUT2D eigenvalue weighted by molar-refractivity contribution is -0.126. The van der Waals surface area contributed by atoms with Crippen molar-refractivity contribution in [3.63, 3.8) is 0 Å². The van der Waals surface area contributed by atoms with Crippen molar-refractivity contribution >= 4 is 5.78 Å². The second kappa shape index (κ2) is 3.11. The molecule has 2 fully saturated rings. The molecule has 1 heteroatoms. The zero-order valence-corrected chi connectivity index (χ0v) is 8.81. The highest BCUT2D eigenvalue weighted by atomic mass is 16.1. The summed E-state index contributed by atoms with van der Waals surface area (Å²) in [6.07, 6.45) is 6.98. The van der Waals surface area contributed by atoms with Crippen molar-refractivity contribution in [3.05, 3.63) is 0 Å². The van der Waals surface area contributed by atoms with Gasteiger partial charge < -0.3 is 0 Å². The van der Waals surface area contributed by atoms with Crippen LogP contribution in [-0.2, 0) is 4.79 Å². The van der Waals surface area contributed by atoms with Crippen molar-refractivity contribution in [1.29, 1.82) is 0 Å². The summed E-state index contributed by atoms with van der Waals surface area (Å²) in [6.45, 7) is 4.70. The average molecular weight is 180 g/mol. The van der Waals surface area contributed by atoms with E-state index in [9.17, 15) is 4.79 Å². The van der Waals surface area contributed by atoms with Gasteiger partial charge in [0.1, 0.15) is 5.78 Å². The number of hydrogen-bond donors (Lipinski definition) is 0. The molecule has 0 aromatic carbocycles. The van der Waals surface area contributed by atoms with Gasteiger partial charge in [-0.05, 0) is 30.1 Å². The number of hydrogen-bond acceptors (Lipinski definition) is 1. The van der Waals surface area contributed by atoms with Gasteiger partial charge in [0.15, 0.2) is 0 Å². The molecule has 0 bridgehead atoms. The Morgan fingerprint density at radius 2 is 2.08 bits per heavy atom. The Hall–Kier alpha value is -0.330. The van der Waals surface area contributed by atoms with E-state index < -0.39 is 0 Å². The lowest BCUT2D eigenvalue weighted by Gasteiger charge is -2.46. The molecule has 0 aliphatic heterocycles. The molecular formula is C12H20O.